The Morgan fingerprint density at radius 1 is 1.11 bits per heavy atom. The van der Waals surface area contributed by atoms with Crippen molar-refractivity contribution in [2.45, 2.75) is 6.61 Å². The third-order valence-corrected chi connectivity index (χ3v) is 5.63. The van der Waals surface area contributed by atoms with Gasteiger partial charge in [0.1, 0.15) is 41.8 Å². The molecule has 8 heteroatoms. The quantitative estimate of drug-likeness (QED) is 0.260. The molecule has 0 fully saturated rings. The van der Waals surface area contributed by atoms with E-state index in [0.29, 0.717) is 39.1 Å². The second kappa shape index (κ2) is 10.8. The maximum absolute atomic E-state index is 13.0. The SMILES string of the molecule is C=CCOC(=O)c1cccc(COc2ccc3c(=O)c(-c4ccc(NS(C)=O)cc4)coc3c2)c1. The largest absolute Gasteiger partial charge is 0.489 e. The second-order valence-corrected chi connectivity index (χ2v) is 8.76. The summed E-state index contributed by atoms with van der Waals surface area (Å²) in [6, 6.07) is 19.1. The lowest BCUT2D eigenvalue weighted by molar-refractivity contribution is 0.0549. The smallest absolute Gasteiger partial charge is 0.338 e. The van der Waals surface area contributed by atoms with E-state index in [0.717, 1.165) is 5.56 Å². The predicted octanol–water partition coefficient (Wildman–Crippen LogP) is 5.09. The molecule has 0 bridgehead atoms. The second-order valence-electron chi connectivity index (χ2n) is 7.65. The molecule has 1 N–H and O–H groups in total. The fourth-order valence-corrected chi connectivity index (χ4v) is 3.92. The van der Waals surface area contributed by atoms with Crippen LogP contribution in [0.5, 0.6) is 5.75 Å². The van der Waals surface area contributed by atoms with Crippen LogP contribution in [0.4, 0.5) is 5.69 Å². The molecule has 4 aromatic rings. The van der Waals surface area contributed by atoms with Gasteiger partial charge in [0.25, 0.3) is 0 Å². The molecule has 0 aliphatic heterocycles. The lowest BCUT2D eigenvalue weighted by Crippen LogP contribution is -2.06. The Kier molecular flexibility index (Phi) is 7.42. The number of anilines is 1. The van der Waals surface area contributed by atoms with Crippen molar-refractivity contribution in [3.8, 4) is 16.9 Å². The highest BCUT2D eigenvalue weighted by Crippen LogP contribution is 2.25. The molecule has 0 aliphatic carbocycles. The molecule has 0 saturated carbocycles. The van der Waals surface area contributed by atoms with Crippen molar-refractivity contribution in [3.05, 3.63) is 107 Å². The van der Waals surface area contributed by atoms with Crippen LogP contribution < -0.4 is 14.9 Å². The fourth-order valence-electron chi connectivity index (χ4n) is 3.45. The molecule has 0 spiro atoms. The Labute approximate surface area is 204 Å². The van der Waals surface area contributed by atoms with E-state index in [1.54, 1.807) is 66.9 Å². The monoisotopic (exact) mass is 489 g/mol. The van der Waals surface area contributed by atoms with Gasteiger partial charge in [-0.15, -0.1) is 0 Å². The van der Waals surface area contributed by atoms with Gasteiger partial charge in [0.15, 0.2) is 5.43 Å². The molecule has 1 unspecified atom stereocenters. The van der Waals surface area contributed by atoms with Crippen LogP contribution in [0.3, 0.4) is 0 Å². The number of fused-ring (bicyclic) bond motifs is 1. The summed E-state index contributed by atoms with van der Waals surface area (Å²) in [6.45, 7) is 3.90. The van der Waals surface area contributed by atoms with E-state index in [-0.39, 0.29) is 18.6 Å². The summed E-state index contributed by atoms with van der Waals surface area (Å²) in [4.78, 5) is 25.1. The summed E-state index contributed by atoms with van der Waals surface area (Å²) in [5.41, 5.74) is 3.27. The molecule has 1 aromatic heterocycles. The van der Waals surface area contributed by atoms with Crippen molar-refractivity contribution < 1.29 is 22.9 Å². The molecule has 0 radical (unpaired) electrons. The minimum atomic E-state index is -1.18. The molecular weight excluding hydrogens is 466 g/mol. The van der Waals surface area contributed by atoms with Crippen molar-refractivity contribution in [3.63, 3.8) is 0 Å². The lowest BCUT2D eigenvalue weighted by atomic mass is 10.1. The first-order chi connectivity index (χ1) is 16.9. The van der Waals surface area contributed by atoms with E-state index in [1.807, 2.05) is 6.07 Å². The zero-order valence-corrected chi connectivity index (χ0v) is 19.8. The number of carbonyl (C=O) groups excluding carboxylic acids is 1. The fraction of sp³-hybridized carbons (Fsp3) is 0.111. The molecule has 1 heterocycles. The molecule has 1 atom stereocenters. The number of hydrogen-bond donors (Lipinski definition) is 1. The maximum atomic E-state index is 13.0. The highest BCUT2D eigenvalue weighted by Gasteiger charge is 2.11. The molecule has 178 valence electrons. The van der Waals surface area contributed by atoms with E-state index >= 15 is 0 Å². The predicted molar refractivity (Wildman–Crippen MR) is 137 cm³/mol. The van der Waals surface area contributed by atoms with Gasteiger partial charge in [-0.1, -0.05) is 36.9 Å². The normalized spacial score (nSPS) is 11.6. The summed E-state index contributed by atoms with van der Waals surface area (Å²) in [5, 5.41) is 0.429. The topological polar surface area (TPSA) is 94.8 Å². The third kappa shape index (κ3) is 5.85. The van der Waals surface area contributed by atoms with Crippen LogP contribution in [0.25, 0.3) is 22.1 Å². The van der Waals surface area contributed by atoms with Gasteiger partial charge >= 0.3 is 5.97 Å². The van der Waals surface area contributed by atoms with Gasteiger partial charge in [-0.2, -0.15) is 0 Å². The standard InChI is InChI=1S/C27H23NO6S/c1-3-13-32-27(30)20-6-4-5-18(14-20)16-33-22-11-12-23-25(15-22)34-17-24(26(23)29)19-7-9-21(10-8-19)28-35(2)31/h3-12,14-15,17,28H,1,13,16H2,2H3. The van der Waals surface area contributed by atoms with Crippen LogP contribution in [-0.4, -0.2) is 23.0 Å². The van der Waals surface area contributed by atoms with Crippen molar-refractivity contribution in [2.24, 2.45) is 0 Å². The highest BCUT2D eigenvalue weighted by atomic mass is 32.2. The van der Waals surface area contributed by atoms with Crippen LogP contribution in [0, 0.1) is 0 Å². The first-order valence-corrected chi connectivity index (χ1v) is 12.3. The van der Waals surface area contributed by atoms with Crippen molar-refractivity contribution in [2.75, 3.05) is 17.6 Å². The van der Waals surface area contributed by atoms with E-state index in [1.165, 1.54) is 12.3 Å². The van der Waals surface area contributed by atoms with E-state index in [9.17, 15) is 13.8 Å². The number of rotatable bonds is 9. The summed E-state index contributed by atoms with van der Waals surface area (Å²) in [5.74, 6) is 0.0947. The molecule has 7 nitrogen and oxygen atoms in total. The number of esters is 1. The minimum absolute atomic E-state index is 0.146. The summed E-state index contributed by atoms with van der Waals surface area (Å²) in [7, 11) is -1.18. The van der Waals surface area contributed by atoms with Gasteiger partial charge in [0, 0.05) is 18.0 Å². The zero-order valence-electron chi connectivity index (χ0n) is 19.0. The van der Waals surface area contributed by atoms with Gasteiger partial charge in [0.2, 0.25) is 0 Å². The number of hydrogen-bond acceptors (Lipinski definition) is 6. The Morgan fingerprint density at radius 3 is 2.66 bits per heavy atom. The number of benzene rings is 3. The molecule has 0 saturated heterocycles. The van der Waals surface area contributed by atoms with Gasteiger partial charge in [-0.05, 0) is 47.5 Å². The van der Waals surface area contributed by atoms with Crippen LogP contribution in [0.1, 0.15) is 15.9 Å². The molecule has 0 amide bonds. The maximum Gasteiger partial charge on any atom is 0.338 e. The lowest BCUT2D eigenvalue weighted by Gasteiger charge is -2.09. The average molecular weight is 490 g/mol. The Hall–Kier alpha value is -4.17. The highest BCUT2D eigenvalue weighted by molar-refractivity contribution is 7.85. The molecule has 3 aromatic carbocycles. The van der Waals surface area contributed by atoms with Crippen LogP contribution in [-0.2, 0) is 22.3 Å². The Bertz CT molecular complexity index is 1460. The van der Waals surface area contributed by atoms with E-state index < -0.39 is 17.0 Å². The summed E-state index contributed by atoms with van der Waals surface area (Å²) < 4.78 is 30.8. The van der Waals surface area contributed by atoms with Crippen molar-refractivity contribution >= 4 is 33.6 Å². The summed E-state index contributed by atoms with van der Waals surface area (Å²) >= 11 is 0. The molecule has 35 heavy (non-hydrogen) atoms. The molecular formula is C27H23NO6S. The van der Waals surface area contributed by atoms with Crippen molar-refractivity contribution in [1.82, 2.24) is 0 Å². The summed E-state index contributed by atoms with van der Waals surface area (Å²) in [6.07, 6.45) is 4.48. The van der Waals surface area contributed by atoms with Gasteiger partial charge in [-0.3, -0.25) is 4.79 Å². The van der Waals surface area contributed by atoms with Crippen molar-refractivity contribution in [1.29, 1.82) is 0 Å². The van der Waals surface area contributed by atoms with Crippen LogP contribution in [0.15, 0.2) is 94.9 Å². The number of ether oxygens (including phenoxy) is 2. The van der Waals surface area contributed by atoms with E-state index in [4.69, 9.17) is 13.9 Å². The molecule has 4 rings (SSSR count). The Balaban J connectivity index is 1.50. The first kappa shape index (κ1) is 24.0. The Morgan fingerprint density at radius 2 is 1.91 bits per heavy atom. The van der Waals surface area contributed by atoms with Crippen LogP contribution >= 0.6 is 0 Å². The van der Waals surface area contributed by atoms with E-state index in [2.05, 4.69) is 11.3 Å². The van der Waals surface area contributed by atoms with Gasteiger partial charge in [-0.25, -0.2) is 9.00 Å². The van der Waals surface area contributed by atoms with Gasteiger partial charge < -0.3 is 18.6 Å². The third-order valence-electron chi connectivity index (χ3n) is 5.10. The van der Waals surface area contributed by atoms with Crippen LogP contribution in [0.2, 0.25) is 0 Å². The average Bonchev–Trinajstić information content (AvgIpc) is 2.86. The van der Waals surface area contributed by atoms with Gasteiger partial charge in [0.05, 0.1) is 16.5 Å². The minimum Gasteiger partial charge on any atom is -0.489 e. The first-order valence-electron chi connectivity index (χ1n) is 10.7. The molecule has 0 aliphatic rings. The number of carbonyl (C=O) groups is 1. The zero-order chi connectivity index (χ0) is 24.8. The number of nitrogens with one attached hydrogen (secondary N) is 1.